The maximum absolute atomic E-state index is 11.2. The van der Waals surface area contributed by atoms with Crippen molar-refractivity contribution in [1.29, 1.82) is 0 Å². The lowest BCUT2D eigenvalue weighted by Gasteiger charge is -2.21. The van der Waals surface area contributed by atoms with Gasteiger partial charge in [-0.3, -0.25) is 9.79 Å². The minimum Gasteiger partial charge on any atom is -0.290 e. The van der Waals surface area contributed by atoms with Crippen molar-refractivity contribution in [2.45, 2.75) is 13.8 Å². The van der Waals surface area contributed by atoms with Gasteiger partial charge in [-0.2, -0.15) is 0 Å². The van der Waals surface area contributed by atoms with E-state index in [0.717, 1.165) is 17.0 Å². The first kappa shape index (κ1) is 8.17. The molecule has 2 nitrogen and oxygen atoms in total. The standard InChI is InChI=1S/C11H11NO/c1-7-11(2,3)9-6-8(13)4-5-10(9)12-7/h4-6H,1H2,2-3H3. The van der Waals surface area contributed by atoms with Gasteiger partial charge in [-0.25, -0.2) is 0 Å². The molecule has 1 heterocycles. The molecule has 0 radical (unpaired) electrons. The number of rotatable bonds is 0. The largest absolute Gasteiger partial charge is 0.290 e. The number of ketones is 1. The summed E-state index contributed by atoms with van der Waals surface area (Å²) in [6.45, 7) is 7.95. The highest BCUT2D eigenvalue weighted by Gasteiger charge is 2.36. The molecule has 0 spiro atoms. The Morgan fingerprint density at radius 1 is 1.38 bits per heavy atom. The zero-order chi connectivity index (χ0) is 9.64. The van der Waals surface area contributed by atoms with Gasteiger partial charge >= 0.3 is 0 Å². The highest BCUT2D eigenvalue weighted by Crippen LogP contribution is 2.42. The van der Waals surface area contributed by atoms with Crippen molar-refractivity contribution >= 4 is 11.5 Å². The van der Waals surface area contributed by atoms with Crippen LogP contribution in [0.4, 0.5) is 0 Å². The van der Waals surface area contributed by atoms with Crippen LogP contribution in [0.1, 0.15) is 13.8 Å². The quantitative estimate of drug-likeness (QED) is 0.515. The van der Waals surface area contributed by atoms with Crippen molar-refractivity contribution in [2.75, 3.05) is 0 Å². The van der Waals surface area contributed by atoms with E-state index in [1.807, 2.05) is 13.8 Å². The summed E-state index contributed by atoms with van der Waals surface area (Å²) >= 11 is 0. The molecule has 0 bridgehead atoms. The van der Waals surface area contributed by atoms with E-state index in [4.69, 9.17) is 0 Å². The molecule has 0 atom stereocenters. The number of fused-ring (bicyclic) bond motifs is 1. The highest BCUT2D eigenvalue weighted by atomic mass is 16.1. The summed E-state index contributed by atoms with van der Waals surface area (Å²) < 4.78 is 0. The molecule has 0 saturated carbocycles. The Bertz CT molecular complexity index is 394. The van der Waals surface area contributed by atoms with Gasteiger partial charge in [0.05, 0.1) is 5.71 Å². The van der Waals surface area contributed by atoms with Gasteiger partial charge < -0.3 is 0 Å². The smallest absolute Gasteiger partial charge is 0.179 e. The summed E-state index contributed by atoms with van der Waals surface area (Å²) in [6, 6.07) is 0. The lowest BCUT2D eigenvalue weighted by molar-refractivity contribution is -0.110. The molecule has 0 aromatic carbocycles. The van der Waals surface area contributed by atoms with Gasteiger partial charge in [-0.05, 0) is 23.8 Å². The first-order valence-corrected chi connectivity index (χ1v) is 4.24. The third-order valence-corrected chi connectivity index (χ3v) is 2.62. The number of carbonyl (C=O) groups is 1. The predicted octanol–water partition coefficient (Wildman–Crippen LogP) is 2.05. The maximum atomic E-state index is 11.2. The van der Waals surface area contributed by atoms with E-state index < -0.39 is 0 Å². The fourth-order valence-corrected chi connectivity index (χ4v) is 1.55. The van der Waals surface area contributed by atoms with Crippen LogP contribution in [0.25, 0.3) is 0 Å². The molecule has 1 aliphatic carbocycles. The van der Waals surface area contributed by atoms with Gasteiger partial charge in [-0.1, -0.05) is 20.4 Å². The van der Waals surface area contributed by atoms with Crippen LogP contribution in [-0.4, -0.2) is 11.5 Å². The zero-order valence-corrected chi connectivity index (χ0v) is 7.79. The van der Waals surface area contributed by atoms with Gasteiger partial charge in [-0.15, -0.1) is 0 Å². The summed E-state index contributed by atoms with van der Waals surface area (Å²) in [7, 11) is 0. The molecule has 0 amide bonds. The van der Waals surface area contributed by atoms with Gasteiger partial charge in [0.15, 0.2) is 5.78 Å². The van der Waals surface area contributed by atoms with Gasteiger partial charge in [0, 0.05) is 11.1 Å². The molecule has 0 aromatic rings. The van der Waals surface area contributed by atoms with Crippen LogP contribution in [0.3, 0.4) is 0 Å². The minimum absolute atomic E-state index is 0.0386. The Morgan fingerprint density at radius 2 is 2.08 bits per heavy atom. The summed E-state index contributed by atoms with van der Waals surface area (Å²) in [5.74, 6) is 0.0386. The molecule has 0 N–H and O–H groups in total. The van der Waals surface area contributed by atoms with Crippen LogP contribution >= 0.6 is 0 Å². The first-order chi connectivity index (χ1) is 6.01. The Labute approximate surface area is 77.4 Å². The molecule has 0 saturated heterocycles. The molecule has 2 aliphatic rings. The zero-order valence-electron chi connectivity index (χ0n) is 7.79. The Morgan fingerprint density at radius 3 is 2.77 bits per heavy atom. The van der Waals surface area contributed by atoms with E-state index in [9.17, 15) is 4.79 Å². The molecule has 13 heavy (non-hydrogen) atoms. The summed E-state index contributed by atoms with van der Waals surface area (Å²) in [5, 5.41) is 0. The molecule has 2 heteroatoms. The summed E-state index contributed by atoms with van der Waals surface area (Å²) in [4.78, 5) is 15.5. The molecule has 0 fully saturated rings. The van der Waals surface area contributed by atoms with E-state index in [2.05, 4.69) is 11.6 Å². The minimum atomic E-state index is -0.185. The second-order valence-electron chi connectivity index (χ2n) is 3.86. The second kappa shape index (κ2) is 2.28. The number of allylic oxidation sites excluding steroid dienone is 4. The number of nitrogens with zero attached hydrogens (tertiary/aromatic N) is 1. The van der Waals surface area contributed by atoms with Gasteiger partial charge in [0.1, 0.15) is 0 Å². The SMILES string of the molecule is C=C1N=C2C=CC(=O)C=C2C1(C)C. The normalized spacial score (nSPS) is 24.2. The fraction of sp³-hybridized carbons (Fsp3) is 0.273. The van der Waals surface area contributed by atoms with Crippen LogP contribution in [0, 0.1) is 5.41 Å². The van der Waals surface area contributed by atoms with Crippen molar-refractivity contribution in [3.63, 3.8) is 0 Å². The molecule has 2 rings (SSSR count). The van der Waals surface area contributed by atoms with Gasteiger partial charge in [0.25, 0.3) is 0 Å². The molecular formula is C11H11NO. The lowest BCUT2D eigenvalue weighted by atomic mass is 9.80. The Balaban J connectivity index is 2.57. The van der Waals surface area contributed by atoms with Crippen LogP contribution in [0.2, 0.25) is 0 Å². The number of aliphatic imine (C=N–C) groups is 1. The summed E-state index contributed by atoms with van der Waals surface area (Å²) in [6.07, 6.45) is 4.95. The first-order valence-electron chi connectivity index (χ1n) is 4.24. The van der Waals surface area contributed by atoms with E-state index in [-0.39, 0.29) is 11.2 Å². The predicted molar refractivity (Wildman–Crippen MR) is 52.6 cm³/mol. The van der Waals surface area contributed by atoms with Crippen molar-refractivity contribution in [3.8, 4) is 0 Å². The van der Waals surface area contributed by atoms with Crippen molar-refractivity contribution in [2.24, 2.45) is 10.4 Å². The summed E-state index contributed by atoms with van der Waals surface area (Å²) in [5.41, 5.74) is 2.52. The molecule has 0 aromatic heterocycles. The monoisotopic (exact) mass is 173 g/mol. The fourth-order valence-electron chi connectivity index (χ4n) is 1.55. The van der Waals surface area contributed by atoms with E-state index in [1.165, 1.54) is 6.08 Å². The van der Waals surface area contributed by atoms with Crippen molar-refractivity contribution in [3.05, 3.63) is 36.1 Å². The lowest BCUT2D eigenvalue weighted by Crippen LogP contribution is -2.17. The molecule has 0 unspecified atom stereocenters. The average molecular weight is 173 g/mol. The van der Waals surface area contributed by atoms with Crippen LogP contribution in [0.5, 0.6) is 0 Å². The number of carbonyl (C=O) groups excluding carboxylic acids is 1. The number of hydrogen-bond acceptors (Lipinski definition) is 2. The van der Waals surface area contributed by atoms with Crippen molar-refractivity contribution in [1.82, 2.24) is 0 Å². The highest BCUT2D eigenvalue weighted by molar-refractivity contribution is 6.22. The van der Waals surface area contributed by atoms with E-state index in [0.29, 0.717) is 0 Å². The van der Waals surface area contributed by atoms with Crippen LogP contribution in [0.15, 0.2) is 41.1 Å². The molecular weight excluding hydrogens is 162 g/mol. The molecule has 1 aliphatic heterocycles. The third kappa shape index (κ3) is 1.02. The second-order valence-corrected chi connectivity index (χ2v) is 3.86. The Hall–Kier alpha value is -1.44. The number of hydrogen-bond donors (Lipinski definition) is 0. The topological polar surface area (TPSA) is 29.4 Å². The van der Waals surface area contributed by atoms with Gasteiger partial charge in [0.2, 0.25) is 0 Å². The van der Waals surface area contributed by atoms with E-state index >= 15 is 0 Å². The average Bonchev–Trinajstić information content (AvgIpc) is 2.27. The van der Waals surface area contributed by atoms with E-state index in [1.54, 1.807) is 12.2 Å². The Kier molecular flexibility index (Phi) is 1.44. The third-order valence-electron chi connectivity index (χ3n) is 2.62. The van der Waals surface area contributed by atoms with Crippen LogP contribution < -0.4 is 0 Å². The van der Waals surface area contributed by atoms with Crippen molar-refractivity contribution < 1.29 is 4.79 Å². The molecule has 66 valence electrons. The maximum Gasteiger partial charge on any atom is 0.179 e. The van der Waals surface area contributed by atoms with Crippen LogP contribution in [-0.2, 0) is 4.79 Å².